The Balaban J connectivity index is 2.14. The Labute approximate surface area is 226 Å². The van der Waals surface area contributed by atoms with E-state index >= 15 is 0 Å². The van der Waals surface area contributed by atoms with E-state index < -0.39 is 93.3 Å². The maximum Gasteiger partial charge on any atom is 0.417 e. The second-order valence-corrected chi connectivity index (χ2v) is 11.1. The zero-order valence-corrected chi connectivity index (χ0v) is 22.3. The van der Waals surface area contributed by atoms with Crippen molar-refractivity contribution in [1.82, 2.24) is 20.2 Å². The average Bonchev–Trinajstić information content (AvgIpc) is 3.35. The monoisotopic (exact) mass is 603 g/mol. The fraction of sp³-hybridized carbons (Fsp3) is 0.565. The quantitative estimate of drug-likeness (QED) is 0.387. The third-order valence-electron chi connectivity index (χ3n) is 5.80. The summed E-state index contributed by atoms with van der Waals surface area (Å²) < 4.78 is 109. The van der Waals surface area contributed by atoms with Gasteiger partial charge < -0.3 is 20.6 Å². The number of carbonyl (C=O) groups excluding carboxylic acids is 2. The van der Waals surface area contributed by atoms with Gasteiger partial charge >= 0.3 is 12.4 Å². The van der Waals surface area contributed by atoms with Crippen molar-refractivity contribution in [3.05, 3.63) is 28.5 Å². The molecule has 0 bridgehead atoms. The molecule has 1 aliphatic heterocycles. The van der Waals surface area contributed by atoms with Crippen molar-refractivity contribution >= 4 is 29.0 Å². The molecule has 3 rings (SSSR count). The number of likely N-dealkylation sites (tertiary alicyclic amines) is 1. The van der Waals surface area contributed by atoms with Gasteiger partial charge in [0.15, 0.2) is 5.01 Å². The first kappa shape index (κ1) is 31.4. The molecule has 8 nitrogen and oxygen atoms in total. The van der Waals surface area contributed by atoms with E-state index in [1.54, 1.807) is 0 Å². The smallest absolute Gasteiger partial charge is 0.389 e. The number of alkyl halides is 8. The summed E-state index contributed by atoms with van der Waals surface area (Å²) in [5.41, 5.74) is -4.41. The largest absolute Gasteiger partial charge is 0.417 e. The number of aromatic nitrogens is 2. The minimum absolute atomic E-state index is 0.299. The van der Waals surface area contributed by atoms with Crippen molar-refractivity contribution in [2.75, 3.05) is 18.4 Å². The summed E-state index contributed by atoms with van der Waals surface area (Å²) in [7, 11) is 0. The fourth-order valence-electron chi connectivity index (χ4n) is 3.79. The van der Waals surface area contributed by atoms with Crippen LogP contribution in [0.4, 0.5) is 40.9 Å². The zero-order chi connectivity index (χ0) is 30.4. The maximum absolute atomic E-state index is 14.1. The van der Waals surface area contributed by atoms with Crippen LogP contribution in [-0.4, -0.2) is 74.7 Å². The minimum Gasteiger partial charge on any atom is -0.389 e. The molecule has 2 amide bonds. The zero-order valence-electron chi connectivity index (χ0n) is 21.5. The Morgan fingerprint density at radius 3 is 2.35 bits per heavy atom. The molecule has 0 unspecified atom stereocenters. The SMILES string of the molecule is C[C@H](Nc1cc(C(F)(F)F)c(-c2sc(C(=O)NCC(C)(C)O)nc2C(=O)N2CC(F)(F)C[C@@H]2C)cn1)C(F)(F)F. The highest BCUT2D eigenvalue weighted by molar-refractivity contribution is 7.17. The van der Waals surface area contributed by atoms with Gasteiger partial charge in [-0.05, 0) is 33.8 Å². The van der Waals surface area contributed by atoms with Crippen LogP contribution >= 0.6 is 11.3 Å². The molecule has 0 aliphatic carbocycles. The molecule has 17 heteroatoms. The number of thiazole rings is 1. The molecule has 2 aromatic rings. The van der Waals surface area contributed by atoms with E-state index in [1.807, 2.05) is 5.32 Å². The van der Waals surface area contributed by atoms with Crippen LogP contribution in [0.25, 0.3) is 10.4 Å². The molecule has 1 aliphatic rings. The molecule has 0 radical (unpaired) electrons. The lowest BCUT2D eigenvalue weighted by atomic mass is 10.1. The molecule has 2 atom stereocenters. The number of halogens is 8. The molecule has 1 saturated heterocycles. The summed E-state index contributed by atoms with van der Waals surface area (Å²) in [4.78, 5) is 33.7. The van der Waals surface area contributed by atoms with Crippen LogP contribution in [0.2, 0.25) is 0 Å². The van der Waals surface area contributed by atoms with Crippen LogP contribution < -0.4 is 10.6 Å². The van der Waals surface area contributed by atoms with Gasteiger partial charge in [-0.15, -0.1) is 11.3 Å². The number of amides is 2. The second kappa shape index (κ2) is 10.7. The lowest BCUT2D eigenvalue weighted by Crippen LogP contribution is -2.38. The Kier molecular flexibility index (Phi) is 8.43. The number of hydrogen-bond acceptors (Lipinski definition) is 7. The Morgan fingerprint density at radius 2 is 1.85 bits per heavy atom. The molecule has 40 heavy (non-hydrogen) atoms. The molecule has 0 saturated carbocycles. The molecule has 0 aromatic carbocycles. The second-order valence-electron chi connectivity index (χ2n) is 10.1. The number of nitrogens with zero attached hydrogens (tertiary/aromatic N) is 3. The summed E-state index contributed by atoms with van der Waals surface area (Å²) in [6.07, 6.45) is -10.1. The van der Waals surface area contributed by atoms with E-state index in [0.717, 1.165) is 4.90 Å². The van der Waals surface area contributed by atoms with Crippen molar-refractivity contribution in [3.63, 3.8) is 0 Å². The number of aliphatic hydroxyl groups is 1. The third kappa shape index (κ3) is 7.35. The Morgan fingerprint density at radius 1 is 1.23 bits per heavy atom. The van der Waals surface area contributed by atoms with Gasteiger partial charge in [-0.25, -0.2) is 18.7 Å². The van der Waals surface area contributed by atoms with Crippen LogP contribution in [-0.2, 0) is 6.18 Å². The minimum atomic E-state index is -5.17. The van der Waals surface area contributed by atoms with Gasteiger partial charge in [-0.3, -0.25) is 9.59 Å². The van der Waals surface area contributed by atoms with Gasteiger partial charge in [0, 0.05) is 30.8 Å². The van der Waals surface area contributed by atoms with Gasteiger partial charge in [0.2, 0.25) is 0 Å². The maximum atomic E-state index is 14.1. The molecule has 0 spiro atoms. The van der Waals surface area contributed by atoms with Crippen LogP contribution in [0, 0.1) is 0 Å². The number of carbonyl (C=O) groups is 2. The van der Waals surface area contributed by atoms with Gasteiger partial charge in [0.1, 0.15) is 17.6 Å². The summed E-state index contributed by atoms with van der Waals surface area (Å²) in [5, 5.41) is 13.5. The average molecular weight is 604 g/mol. The highest BCUT2D eigenvalue weighted by atomic mass is 32.1. The van der Waals surface area contributed by atoms with Crippen molar-refractivity contribution in [2.45, 2.75) is 70.1 Å². The molecule has 3 N–H and O–H groups in total. The fourth-order valence-corrected chi connectivity index (χ4v) is 4.79. The van der Waals surface area contributed by atoms with Gasteiger partial charge in [-0.2, -0.15) is 26.3 Å². The first-order chi connectivity index (χ1) is 18.1. The summed E-state index contributed by atoms with van der Waals surface area (Å²) >= 11 is 0.334. The standard InChI is InChI=1S/C23H25F8N5O3S/c1-10-6-21(24,25)9-36(10)19(38)15-16(40-18(35-15)17(37)33-8-20(3,4)39)12-7-32-14(5-13(12)23(29,30)31)34-11(2)22(26,27)28/h5,7,10-11,39H,6,8-9H2,1-4H3,(H,32,34)(H,33,37)/t10-,11-/m0/s1. The third-order valence-corrected chi connectivity index (χ3v) is 6.89. The van der Waals surface area contributed by atoms with Gasteiger partial charge in [-0.1, -0.05) is 0 Å². The molecular weight excluding hydrogens is 578 g/mol. The van der Waals surface area contributed by atoms with E-state index in [4.69, 9.17) is 0 Å². The number of hydrogen-bond donors (Lipinski definition) is 3. The van der Waals surface area contributed by atoms with Crippen LogP contribution in [0.1, 0.15) is 60.0 Å². The van der Waals surface area contributed by atoms with Crippen molar-refractivity contribution in [2.24, 2.45) is 0 Å². The molecular formula is C23H25F8N5O3S. The van der Waals surface area contributed by atoms with Crippen molar-refractivity contribution in [1.29, 1.82) is 0 Å². The van der Waals surface area contributed by atoms with Crippen molar-refractivity contribution in [3.8, 4) is 10.4 Å². The number of pyridine rings is 1. The Bertz CT molecular complexity index is 1270. The highest BCUT2D eigenvalue weighted by Gasteiger charge is 2.47. The highest BCUT2D eigenvalue weighted by Crippen LogP contribution is 2.43. The molecule has 3 heterocycles. The number of rotatable bonds is 7. The molecule has 222 valence electrons. The lowest BCUT2D eigenvalue weighted by molar-refractivity contribution is -0.138. The first-order valence-corrected chi connectivity index (χ1v) is 12.5. The van der Waals surface area contributed by atoms with Gasteiger partial charge in [0.25, 0.3) is 17.7 Å². The predicted octanol–water partition coefficient (Wildman–Crippen LogP) is 4.96. The predicted molar refractivity (Wildman–Crippen MR) is 128 cm³/mol. The van der Waals surface area contributed by atoms with Gasteiger partial charge in [0.05, 0.1) is 22.6 Å². The lowest BCUT2D eigenvalue weighted by Gasteiger charge is -2.21. The number of nitrogens with one attached hydrogen (secondary N) is 2. The molecule has 2 aromatic heterocycles. The van der Waals surface area contributed by atoms with Crippen LogP contribution in [0.3, 0.4) is 0 Å². The van der Waals surface area contributed by atoms with Crippen LogP contribution in [0.5, 0.6) is 0 Å². The topological polar surface area (TPSA) is 107 Å². The van der Waals surface area contributed by atoms with E-state index in [-0.39, 0.29) is 6.54 Å². The summed E-state index contributed by atoms with van der Waals surface area (Å²) in [6, 6.07) is -2.95. The van der Waals surface area contributed by atoms with Crippen molar-refractivity contribution < 1.29 is 49.8 Å². The van der Waals surface area contributed by atoms with E-state index in [0.29, 0.717) is 30.5 Å². The number of anilines is 1. The molecule has 1 fully saturated rings. The summed E-state index contributed by atoms with van der Waals surface area (Å²) in [5.74, 6) is -6.17. The van der Waals surface area contributed by atoms with E-state index in [9.17, 15) is 49.8 Å². The van der Waals surface area contributed by atoms with E-state index in [1.165, 1.54) is 20.8 Å². The first-order valence-electron chi connectivity index (χ1n) is 11.7. The Hall–Kier alpha value is -3.08. The van der Waals surface area contributed by atoms with E-state index in [2.05, 4.69) is 15.3 Å². The van der Waals surface area contributed by atoms with Crippen LogP contribution in [0.15, 0.2) is 12.3 Å². The normalized spacial score (nSPS) is 18.5. The summed E-state index contributed by atoms with van der Waals surface area (Å²) in [6.45, 7) is 3.38.